The zero-order chi connectivity index (χ0) is 25.0. The van der Waals surface area contributed by atoms with Gasteiger partial charge >= 0.3 is 0 Å². The molecular weight excluding hydrogens is 416 g/mol. The Balaban J connectivity index is 2.14. The molecule has 1 fully saturated rings. The average molecular weight is 461 g/mol. The topological polar surface area (TPSA) is 33.4 Å². The molecule has 1 aromatic carbocycles. The number of rotatable bonds is 10. The maximum Gasteiger partial charge on any atom is 0.100 e. The van der Waals surface area contributed by atoms with Gasteiger partial charge in [-0.15, -0.1) is 0 Å². The number of hydrogen-bond donors (Lipinski definition) is 0. The minimum Gasteiger partial charge on any atom is -0.326 e. The van der Waals surface area contributed by atoms with Crippen molar-refractivity contribution in [3.8, 4) is 0 Å². The van der Waals surface area contributed by atoms with Crippen LogP contribution < -0.4 is 0 Å². The molecule has 0 spiro atoms. The van der Waals surface area contributed by atoms with Crippen molar-refractivity contribution in [1.82, 2.24) is 14.7 Å². The predicted octanol–water partition coefficient (Wildman–Crippen LogP) is 7.53. The molecule has 0 unspecified atom stereocenters. The van der Waals surface area contributed by atoms with Gasteiger partial charge in [-0.3, -0.25) is 9.67 Å². The van der Waals surface area contributed by atoms with Crippen LogP contribution in [0, 0.1) is 12.8 Å². The highest BCUT2D eigenvalue weighted by molar-refractivity contribution is 5.90. The summed E-state index contributed by atoms with van der Waals surface area (Å²) in [6.45, 7) is 21.8. The Labute approximate surface area is 207 Å². The third-order valence-electron chi connectivity index (χ3n) is 7.02. The zero-order valence-electron chi connectivity index (χ0n) is 22.7. The summed E-state index contributed by atoms with van der Waals surface area (Å²) in [6.07, 6.45) is 11.2. The smallest absolute Gasteiger partial charge is 0.100 e. The van der Waals surface area contributed by atoms with Crippen molar-refractivity contribution in [2.75, 3.05) is 6.54 Å². The van der Waals surface area contributed by atoms with Crippen LogP contribution in [0.5, 0.6) is 0 Å². The summed E-state index contributed by atoms with van der Waals surface area (Å²) >= 11 is 0. The summed E-state index contributed by atoms with van der Waals surface area (Å²) < 4.78 is 1.86. The molecule has 0 aliphatic heterocycles. The molecule has 1 saturated carbocycles. The summed E-state index contributed by atoms with van der Waals surface area (Å²) in [7, 11) is 1.96. The number of hydrogen-bond acceptors (Lipinski definition) is 2. The Bertz CT molecular complexity index is 1080. The number of aryl methyl sites for hydroxylation is 1. The predicted molar refractivity (Wildman–Crippen MR) is 147 cm³/mol. The van der Waals surface area contributed by atoms with Crippen LogP contribution in [-0.2, 0) is 19.0 Å². The summed E-state index contributed by atoms with van der Waals surface area (Å²) in [4.78, 5) is 7.02. The molecule has 1 aliphatic rings. The van der Waals surface area contributed by atoms with E-state index in [0.29, 0.717) is 12.5 Å². The van der Waals surface area contributed by atoms with Crippen molar-refractivity contribution >= 4 is 17.1 Å². The van der Waals surface area contributed by atoms with E-state index < -0.39 is 0 Å². The minimum atomic E-state index is 0.285. The lowest BCUT2D eigenvalue weighted by atomic mass is 9.85. The third-order valence-corrected chi connectivity index (χ3v) is 7.02. The Hall–Kier alpha value is -2.62. The summed E-state index contributed by atoms with van der Waals surface area (Å²) in [6, 6.07) is 4.88. The maximum atomic E-state index is 4.76. The Morgan fingerprint density at radius 2 is 1.94 bits per heavy atom. The van der Waals surface area contributed by atoms with Gasteiger partial charge in [0.05, 0.1) is 12.7 Å². The molecule has 0 atom stereocenters. The van der Waals surface area contributed by atoms with Crippen LogP contribution in [0.3, 0.4) is 0 Å². The average Bonchev–Trinajstić information content (AvgIpc) is 3.39. The van der Waals surface area contributed by atoms with Crippen LogP contribution >= 0.6 is 0 Å². The van der Waals surface area contributed by atoms with Crippen molar-refractivity contribution in [3.05, 3.63) is 65.0 Å². The van der Waals surface area contributed by atoms with E-state index in [9.17, 15) is 0 Å². The third kappa shape index (κ3) is 5.89. The van der Waals surface area contributed by atoms with E-state index in [-0.39, 0.29) is 5.41 Å². The van der Waals surface area contributed by atoms with Gasteiger partial charge in [-0.1, -0.05) is 52.8 Å². The molecule has 0 amide bonds. The highest BCUT2D eigenvalue weighted by Crippen LogP contribution is 2.49. The van der Waals surface area contributed by atoms with Crippen molar-refractivity contribution in [3.63, 3.8) is 0 Å². The van der Waals surface area contributed by atoms with Crippen LogP contribution in [0.15, 0.2) is 42.2 Å². The van der Waals surface area contributed by atoms with Gasteiger partial charge in [-0.2, -0.15) is 5.10 Å². The van der Waals surface area contributed by atoms with E-state index in [1.807, 2.05) is 17.9 Å². The van der Waals surface area contributed by atoms with Gasteiger partial charge in [-0.25, -0.2) is 0 Å². The quantitative estimate of drug-likeness (QED) is 0.271. The van der Waals surface area contributed by atoms with Crippen LogP contribution in [-0.4, -0.2) is 27.1 Å². The summed E-state index contributed by atoms with van der Waals surface area (Å²) in [5.74, 6) is 1.51. The first-order valence-electron chi connectivity index (χ1n) is 12.9. The molecule has 1 heterocycles. The molecule has 1 aromatic heterocycles. The lowest BCUT2D eigenvalue weighted by Crippen LogP contribution is -2.27. The number of amidine groups is 1. The second-order valence-electron chi connectivity index (χ2n) is 10.5. The normalized spacial score (nSPS) is 15.7. The molecule has 0 bridgehead atoms. The standard InChI is InChI=1S/C30H44N4/c1-10-12-26(15-21(3)4)29-17-27(30(8)13-14-30)16-28(22(29)5)23(6)34(24(7)31-11-2)20-25-18-32-33(9)19-25/h15-19,21H,6,10-14,20H2,1-5,7-9H3/b26-15+,31-24?. The molecule has 0 N–H and O–H groups in total. The van der Waals surface area contributed by atoms with Crippen LogP contribution in [0.1, 0.15) is 95.0 Å². The van der Waals surface area contributed by atoms with E-state index in [1.165, 1.54) is 40.7 Å². The van der Waals surface area contributed by atoms with Gasteiger partial charge in [0.15, 0.2) is 0 Å². The number of nitrogens with zero attached hydrogens (tertiary/aromatic N) is 4. The van der Waals surface area contributed by atoms with Crippen LogP contribution in [0.2, 0.25) is 0 Å². The van der Waals surface area contributed by atoms with E-state index in [1.54, 1.807) is 0 Å². The highest BCUT2D eigenvalue weighted by Gasteiger charge is 2.40. The van der Waals surface area contributed by atoms with Crippen LogP contribution in [0.25, 0.3) is 11.3 Å². The zero-order valence-corrected chi connectivity index (χ0v) is 22.7. The number of aliphatic imine (C=N–C) groups is 1. The van der Waals surface area contributed by atoms with Gasteiger partial charge in [0.2, 0.25) is 0 Å². The van der Waals surface area contributed by atoms with Crippen molar-refractivity contribution in [2.24, 2.45) is 18.0 Å². The second kappa shape index (κ2) is 10.8. The second-order valence-corrected chi connectivity index (χ2v) is 10.5. The lowest BCUT2D eigenvalue weighted by Gasteiger charge is -2.29. The highest BCUT2D eigenvalue weighted by atomic mass is 15.3. The Kier molecular flexibility index (Phi) is 8.22. The van der Waals surface area contributed by atoms with Crippen LogP contribution in [0.4, 0.5) is 0 Å². The SMILES string of the molecule is C=C(c1cc(C2(C)CC2)cc(/C(=C/C(C)C)CCC)c1C)N(Cc1cnn(C)c1)C(C)=NCC. The molecule has 1 aliphatic carbocycles. The van der Waals surface area contributed by atoms with Crippen molar-refractivity contribution < 1.29 is 0 Å². The first-order chi connectivity index (χ1) is 16.1. The fourth-order valence-electron chi connectivity index (χ4n) is 4.75. The first kappa shape index (κ1) is 26.0. The monoisotopic (exact) mass is 460 g/mol. The molecule has 184 valence electrons. The van der Waals surface area contributed by atoms with E-state index in [0.717, 1.165) is 36.5 Å². The molecule has 0 saturated heterocycles. The van der Waals surface area contributed by atoms with Gasteiger partial charge in [0.25, 0.3) is 0 Å². The van der Waals surface area contributed by atoms with Gasteiger partial charge in [0.1, 0.15) is 5.84 Å². The van der Waals surface area contributed by atoms with Crippen molar-refractivity contribution in [2.45, 2.75) is 86.1 Å². The molecule has 34 heavy (non-hydrogen) atoms. The number of allylic oxidation sites excluding steroid dienone is 2. The molecule has 4 nitrogen and oxygen atoms in total. The van der Waals surface area contributed by atoms with E-state index in [2.05, 4.69) is 89.4 Å². The molecule has 3 rings (SSSR count). The van der Waals surface area contributed by atoms with Gasteiger partial charge < -0.3 is 4.90 Å². The van der Waals surface area contributed by atoms with E-state index in [4.69, 9.17) is 4.99 Å². The van der Waals surface area contributed by atoms with Crippen molar-refractivity contribution in [1.29, 1.82) is 0 Å². The minimum absolute atomic E-state index is 0.285. The Morgan fingerprint density at radius 3 is 2.47 bits per heavy atom. The Morgan fingerprint density at radius 1 is 1.26 bits per heavy atom. The largest absolute Gasteiger partial charge is 0.326 e. The van der Waals surface area contributed by atoms with Gasteiger partial charge in [0, 0.05) is 36.6 Å². The molecular formula is C30H44N4. The summed E-state index contributed by atoms with van der Waals surface area (Å²) in [5, 5.41) is 4.38. The first-order valence-corrected chi connectivity index (χ1v) is 12.9. The fraction of sp³-hybridized carbons (Fsp3) is 0.533. The molecule has 2 aromatic rings. The number of aromatic nitrogens is 2. The van der Waals surface area contributed by atoms with E-state index >= 15 is 0 Å². The molecule has 4 heteroatoms. The number of benzene rings is 1. The lowest BCUT2D eigenvalue weighted by molar-refractivity contribution is 0.571. The molecule has 0 radical (unpaired) electrons. The fourth-order valence-corrected chi connectivity index (χ4v) is 4.75. The van der Waals surface area contributed by atoms with Gasteiger partial charge in [-0.05, 0) is 79.7 Å². The summed E-state index contributed by atoms with van der Waals surface area (Å²) in [5.41, 5.74) is 9.32. The maximum absolute atomic E-state index is 4.76.